The lowest BCUT2D eigenvalue weighted by Crippen LogP contribution is -2.22. The summed E-state index contributed by atoms with van der Waals surface area (Å²) in [5, 5.41) is 3.40. The van der Waals surface area contributed by atoms with E-state index in [-0.39, 0.29) is 11.8 Å². The lowest BCUT2D eigenvalue weighted by molar-refractivity contribution is -0.122. The van der Waals surface area contributed by atoms with E-state index in [9.17, 15) is 9.59 Å². The van der Waals surface area contributed by atoms with Crippen molar-refractivity contribution in [2.24, 2.45) is 0 Å². The van der Waals surface area contributed by atoms with Gasteiger partial charge in [0.2, 0.25) is 0 Å². The first-order valence-corrected chi connectivity index (χ1v) is 10.3. The van der Waals surface area contributed by atoms with Crippen LogP contribution in [0.5, 0.6) is 0 Å². The fourth-order valence-corrected chi connectivity index (χ4v) is 4.21. The van der Waals surface area contributed by atoms with E-state index in [4.69, 9.17) is 0 Å². The highest BCUT2D eigenvalue weighted by molar-refractivity contribution is 9.10. The van der Waals surface area contributed by atoms with Gasteiger partial charge in [0.1, 0.15) is 0 Å². The lowest BCUT2D eigenvalue weighted by atomic mass is 9.94. The molecule has 0 saturated carbocycles. The number of aromatic amines is 1. The van der Waals surface area contributed by atoms with Gasteiger partial charge < -0.3 is 9.88 Å². The fourth-order valence-electron chi connectivity index (χ4n) is 3.77. The summed E-state index contributed by atoms with van der Waals surface area (Å²) in [5.41, 5.74) is 4.39. The monoisotopic (exact) mass is 451 g/mol. The molecule has 1 aromatic heterocycles. The highest BCUT2D eigenvalue weighted by Crippen LogP contribution is 2.37. The average Bonchev–Trinajstić information content (AvgIpc) is 3.22. The number of nitrogens with one attached hydrogen (secondary N) is 2. The Morgan fingerprint density at radius 3 is 2.45 bits per heavy atom. The van der Waals surface area contributed by atoms with Crippen molar-refractivity contribution in [2.75, 3.05) is 20.6 Å². The molecule has 1 aliphatic rings. The quantitative estimate of drug-likeness (QED) is 0.556. The highest BCUT2D eigenvalue weighted by Gasteiger charge is 2.34. The Kier molecular flexibility index (Phi) is 5.39. The number of hydrogen-bond acceptors (Lipinski definition) is 3. The summed E-state index contributed by atoms with van der Waals surface area (Å²) in [6.45, 7) is 0.994. The zero-order valence-corrected chi connectivity index (χ0v) is 18.0. The topological polar surface area (TPSA) is 65.2 Å². The molecule has 6 heteroatoms. The van der Waals surface area contributed by atoms with Gasteiger partial charge in [-0.25, -0.2) is 0 Å². The Hall–Kier alpha value is -2.70. The van der Waals surface area contributed by atoms with Crippen molar-refractivity contribution in [2.45, 2.75) is 12.8 Å². The number of carbonyl (C=O) groups excluding carboxylic acids is 2. The lowest BCUT2D eigenvalue weighted by Gasteiger charge is -2.11. The van der Waals surface area contributed by atoms with E-state index >= 15 is 0 Å². The number of hydrogen-bond donors (Lipinski definition) is 2. The van der Waals surface area contributed by atoms with Gasteiger partial charge in [-0.3, -0.25) is 14.9 Å². The first-order valence-electron chi connectivity index (χ1n) is 9.55. The molecule has 29 heavy (non-hydrogen) atoms. The average molecular weight is 452 g/mol. The third-order valence-electron chi connectivity index (χ3n) is 5.16. The highest BCUT2D eigenvalue weighted by atomic mass is 79.9. The number of fused-ring (bicyclic) bond motifs is 1. The fraction of sp³-hybridized carbons (Fsp3) is 0.217. The number of para-hydroxylation sites is 1. The number of aryl methyl sites for hydroxylation is 1. The van der Waals surface area contributed by atoms with Crippen LogP contribution in [0.4, 0.5) is 0 Å². The molecular weight excluding hydrogens is 430 g/mol. The second-order valence-electron chi connectivity index (χ2n) is 7.50. The summed E-state index contributed by atoms with van der Waals surface area (Å²) in [6.07, 6.45) is 3.73. The maximum atomic E-state index is 12.8. The van der Waals surface area contributed by atoms with Crippen molar-refractivity contribution in [3.63, 3.8) is 0 Å². The number of H-pyrrole nitrogens is 1. The molecule has 0 unspecified atom stereocenters. The van der Waals surface area contributed by atoms with Gasteiger partial charge in [-0.15, -0.1) is 0 Å². The molecule has 2 N–H and O–H groups in total. The Bertz CT molecular complexity index is 1140. The molecule has 4 rings (SSSR count). The van der Waals surface area contributed by atoms with Gasteiger partial charge >= 0.3 is 0 Å². The molecule has 5 nitrogen and oxygen atoms in total. The van der Waals surface area contributed by atoms with Gasteiger partial charge in [0.15, 0.2) is 0 Å². The zero-order valence-electron chi connectivity index (χ0n) is 16.4. The van der Waals surface area contributed by atoms with Gasteiger partial charge in [0, 0.05) is 32.7 Å². The molecule has 0 bridgehead atoms. The Morgan fingerprint density at radius 1 is 0.966 bits per heavy atom. The van der Waals surface area contributed by atoms with E-state index in [0.717, 1.165) is 51.5 Å². The number of halogens is 1. The molecule has 0 radical (unpaired) electrons. The van der Waals surface area contributed by atoms with E-state index in [0.29, 0.717) is 11.1 Å². The van der Waals surface area contributed by atoms with E-state index < -0.39 is 0 Å². The molecule has 0 fully saturated rings. The van der Waals surface area contributed by atoms with Crippen molar-refractivity contribution in [1.29, 1.82) is 0 Å². The number of nitrogens with zero attached hydrogens (tertiary/aromatic N) is 1. The van der Waals surface area contributed by atoms with Crippen LogP contribution in [0.3, 0.4) is 0 Å². The first kappa shape index (κ1) is 19.6. The van der Waals surface area contributed by atoms with E-state index in [2.05, 4.69) is 51.3 Å². The number of aromatic nitrogens is 1. The molecule has 2 heterocycles. The maximum absolute atomic E-state index is 12.8. The van der Waals surface area contributed by atoms with Crippen molar-refractivity contribution in [3.05, 3.63) is 69.8 Å². The minimum Gasteiger partial charge on any atom is -0.361 e. The van der Waals surface area contributed by atoms with Crippen LogP contribution in [0.15, 0.2) is 53.1 Å². The molecule has 2 amide bonds. The van der Waals surface area contributed by atoms with Crippen LogP contribution in [-0.4, -0.2) is 42.3 Å². The zero-order chi connectivity index (χ0) is 20.5. The maximum Gasteiger partial charge on any atom is 0.259 e. The Balaban J connectivity index is 1.82. The van der Waals surface area contributed by atoms with E-state index in [1.807, 2.05) is 36.4 Å². The molecule has 0 spiro atoms. The van der Waals surface area contributed by atoms with Crippen LogP contribution in [0.1, 0.15) is 23.1 Å². The molecule has 0 saturated heterocycles. The molecule has 1 aliphatic heterocycles. The van der Waals surface area contributed by atoms with Crippen molar-refractivity contribution >= 4 is 49.8 Å². The van der Waals surface area contributed by atoms with Crippen LogP contribution in [-0.2, 0) is 16.0 Å². The van der Waals surface area contributed by atoms with E-state index in [1.54, 1.807) is 6.20 Å². The van der Waals surface area contributed by atoms with Crippen LogP contribution >= 0.6 is 15.9 Å². The van der Waals surface area contributed by atoms with Gasteiger partial charge in [0.25, 0.3) is 11.8 Å². The number of imide groups is 1. The molecule has 3 aromatic rings. The SMILES string of the molecule is CN(C)CCCc1ccc(Br)c(C2=C(c3c[nH]c4ccccc34)C(=O)NC2=O)c1. The van der Waals surface area contributed by atoms with E-state index in [1.165, 1.54) is 0 Å². The summed E-state index contributed by atoms with van der Waals surface area (Å²) < 4.78 is 0.797. The Labute approximate surface area is 177 Å². The number of carbonyl (C=O) groups is 2. The Morgan fingerprint density at radius 2 is 1.69 bits per heavy atom. The van der Waals surface area contributed by atoms with Gasteiger partial charge in [-0.05, 0) is 57.2 Å². The normalized spacial score (nSPS) is 14.3. The summed E-state index contributed by atoms with van der Waals surface area (Å²) >= 11 is 3.58. The summed E-state index contributed by atoms with van der Waals surface area (Å²) in [6, 6.07) is 13.8. The standard InChI is InChI=1S/C23H22BrN3O2/c1-27(2)11-5-6-14-9-10-18(24)16(12-14)20-21(23(29)26-22(20)28)17-13-25-19-8-4-3-7-15(17)19/h3-4,7-10,12-13,25H,5-6,11H2,1-2H3,(H,26,28,29). The molecule has 0 aliphatic carbocycles. The largest absolute Gasteiger partial charge is 0.361 e. The van der Waals surface area contributed by atoms with Crippen LogP contribution < -0.4 is 5.32 Å². The minimum absolute atomic E-state index is 0.360. The first-order chi connectivity index (χ1) is 14.0. The molecular formula is C23H22BrN3O2. The number of amides is 2. The second kappa shape index (κ2) is 7.97. The van der Waals surface area contributed by atoms with Crippen LogP contribution in [0.25, 0.3) is 22.0 Å². The van der Waals surface area contributed by atoms with Gasteiger partial charge in [-0.2, -0.15) is 0 Å². The molecule has 148 valence electrons. The predicted molar refractivity (Wildman–Crippen MR) is 119 cm³/mol. The number of benzene rings is 2. The van der Waals surface area contributed by atoms with Crippen LogP contribution in [0, 0.1) is 0 Å². The summed E-state index contributed by atoms with van der Waals surface area (Å²) in [4.78, 5) is 30.8. The number of rotatable bonds is 6. The van der Waals surface area contributed by atoms with Crippen molar-refractivity contribution in [1.82, 2.24) is 15.2 Å². The van der Waals surface area contributed by atoms with Gasteiger partial charge in [0.05, 0.1) is 11.1 Å². The molecule has 0 atom stereocenters. The van der Waals surface area contributed by atoms with Gasteiger partial charge in [-0.1, -0.05) is 40.2 Å². The third-order valence-corrected chi connectivity index (χ3v) is 5.85. The minimum atomic E-state index is -0.361. The van der Waals surface area contributed by atoms with Crippen LogP contribution in [0.2, 0.25) is 0 Å². The van der Waals surface area contributed by atoms with Crippen molar-refractivity contribution in [3.8, 4) is 0 Å². The summed E-state index contributed by atoms with van der Waals surface area (Å²) in [7, 11) is 4.11. The second-order valence-corrected chi connectivity index (χ2v) is 8.36. The summed E-state index contributed by atoms with van der Waals surface area (Å²) in [5.74, 6) is -0.721. The predicted octanol–water partition coefficient (Wildman–Crippen LogP) is 3.99. The van der Waals surface area contributed by atoms with Crippen molar-refractivity contribution < 1.29 is 9.59 Å². The molecule has 2 aromatic carbocycles. The third kappa shape index (κ3) is 3.78. The smallest absolute Gasteiger partial charge is 0.259 e.